The van der Waals surface area contributed by atoms with Crippen LogP contribution in [0.5, 0.6) is 0 Å². The normalized spacial score (nSPS) is 23.9. The van der Waals surface area contributed by atoms with Crippen molar-refractivity contribution >= 4 is 15.7 Å². The lowest BCUT2D eigenvalue weighted by Crippen LogP contribution is -2.43. The van der Waals surface area contributed by atoms with Gasteiger partial charge in [-0.05, 0) is 87.4 Å². The molecule has 2 fully saturated rings. The molecule has 1 amide bonds. The molecule has 2 aromatic carbocycles. The molecule has 5 rings (SSSR count). The Morgan fingerprint density at radius 2 is 1.86 bits per heavy atom. The number of nitrogens with one attached hydrogen (secondary N) is 2. The van der Waals surface area contributed by atoms with Crippen LogP contribution < -0.4 is 10.6 Å². The largest absolute Gasteiger partial charge is 0.393 e. The van der Waals surface area contributed by atoms with Crippen molar-refractivity contribution in [3.63, 3.8) is 0 Å². The van der Waals surface area contributed by atoms with Crippen molar-refractivity contribution in [1.29, 1.82) is 0 Å². The molecule has 1 saturated carbocycles. The molecule has 8 nitrogen and oxygen atoms in total. The summed E-state index contributed by atoms with van der Waals surface area (Å²) in [5.41, 5.74) is 3.31. The first-order chi connectivity index (χ1) is 17.2. The van der Waals surface area contributed by atoms with Crippen LogP contribution in [0.25, 0.3) is 5.69 Å². The summed E-state index contributed by atoms with van der Waals surface area (Å²) in [4.78, 5) is 13.1. The molecule has 3 aromatic rings. The van der Waals surface area contributed by atoms with E-state index in [1.54, 1.807) is 47.1 Å². The molecular formula is C27H32N4O4S. The van der Waals surface area contributed by atoms with Crippen molar-refractivity contribution in [1.82, 2.24) is 20.4 Å². The second-order valence-corrected chi connectivity index (χ2v) is 11.9. The minimum absolute atomic E-state index is 0.0587. The molecule has 0 spiro atoms. The number of aliphatic hydroxyl groups is 1. The Hall–Kier alpha value is -3.01. The van der Waals surface area contributed by atoms with Gasteiger partial charge in [0, 0.05) is 18.3 Å². The number of aromatic nitrogens is 2. The maximum Gasteiger partial charge on any atom is 0.237 e. The molecule has 36 heavy (non-hydrogen) atoms. The number of rotatable bonds is 6. The fourth-order valence-corrected chi connectivity index (χ4v) is 6.74. The van der Waals surface area contributed by atoms with E-state index in [9.17, 15) is 18.3 Å². The first-order valence-electron chi connectivity index (χ1n) is 12.4. The summed E-state index contributed by atoms with van der Waals surface area (Å²) in [7, 11) is -3.71. The highest BCUT2D eigenvalue weighted by Gasteiger charge is 2.40. The van der Waals surface area contributed by atoms with E-state index in [2.05, 4.69) is 15.7 Å². The lowest BCUT2D eigenvalue weighted by atomic mass is 9.83. The van der Waals surface area contributed by atoms with Gasteiger partial charge in [-0.1, -0.05) is 18.2 Å². The van der Waals surface area contributed by atoms with Gasteiger partial charge in [0.15, 0.2) is 0 Å². The number of benzene rings is 2. The summed E-state index contributed by atoms with van der Waals surface area (Å²) in [6.07, 6.45) is 2.91. The molecule has 4 unspecified atom stereocenters. The van der Waals surface area contributed by atoms with Crippen molar-refractivity contribution in [3.8, 4) is 5.69 Å². The van der Waals surface area contributed by atoms with Crippen molar-refractivity contribution in [2.45, 2.75) is 74.1 Å². The number of sulfone groups is 1. The van der Waals surface area contributed by atoms with Crippen LogP contribution in [0.3, 0.4) is 0 Å². The molecule has 4 atom stereocenters. The van der Waals surface area contributed by atoms with Crippen LogP contribution >= 0.6 is 0 Å². The van der Waals surface area contributed by atoms with Gasteiger partial charge in [-0.3, -0.25) is 4.79 Å². The maximum absolute atomic E-state index is 13.3. The van der Waals surface area contributed by atoms with Crippen LogP contribution in [0.4, 0.5) is 0 Å². The third kappa shape index (κ3) is 4.96. The molecule has 1 saturated heterocycles. The molecule has 0 bridgehead atoms. The van der Waals surface area contributed by atoms with E-state index in [1.807, 2.05) is 26.0 Å². The highest BCUT2D eigenvalue weighted by molar-refractivity contribution is 7.91. The van der Waals surface area contributed by atoms with E-state index < -0.39 is 9.84 Å². The summed E-state index contributed by atoms with van der Waals surface area (Å²) in [5.74, 6) is 0.283. The molecule has 3 N–H and O–H groups in total. The van der Waals surface area contributed by atoms with Crippen LogP contribution in [-0.2, 0) is 21.2 Å². The number of hydrogen-bond donors (Lipinski definition) is 3. The lowest BCUT2D eigenvalue weighted by molar-refractivity contribution is -0.123. The summed E-state index contributed by atoms with van der Waals surface area (Å²) in [6.45, 7) is 4.15. The molecule has 2 aliphatic rings. The van der Waals surface area contributed by atoms with E-state index >= 15 is 0 Å². The van der Waals surface area contributed by atoms with E-state index in [4.69, 9.17) is 0 Å². The molecule has 1 aliphatic carbocycles. The van der Waals surface area contributed by atoms with Gasteiger partial charge in [-0.25, -0.2) is 13.1 Å². The average Bonchev–Trinajstić information content (AvgIpc) is 3.44. The number of nitrogens with zero attached hydrogens (tertiary/aromatic N) is 2. The first kappa shape index (κ1) is 24.7. The standard InChI is InChI=1S/C27H32N4O4S/c1-17-12-18(2)31(30-17)21-4-3-5-24(15-21)36(34,35)23-9-6-19(7-10-23)16-28-27(33)26-14-20-13-22(32)8-11-25(20)29-26/h3-7,9-10,12,15,20,22,25-26,29,32H,8,11,13-14,16H2,1-2H3,(H,28,33). The highest BCUT2D eigenvalue weighted by atomic mass is 32.2. The molecule has 190 valence electrons. The Morgan fingerprint density at radius 3 is 2.58 bits per heavy atom. The number of aryl methyl sites for hydroxylation is 2. The zero-order chi connectivity index (χ0) is 25.4. The van der Waals surface area contributed by atoms with Crippen LogP contribution in [0.2, 0.25) is 0 Å². The molecule has 2 heterocycles. The number of carbonyl (C=O) groups excluding carboxylic acids is 1. The van der Waals surface area contributed by atoms with E-state index in [1.165, 1.54) is 0 Å². The Kier molecular flexibility index (Phi) is 6.72. The quantitative estimate of drug-likeness (QED) is 0.472. The second-order valence-electron chi connectivity index (χ2n) is 9.99. The average molecular weight is 509 g/mol. The predicted molar refractivity (Wildman–Crippen MR) is 135 cm³/mol. The Balaban J connectivity index is 1.24. The van der Waals surface area contributed by atoms with Gasteiger partial charge in [0.25, 0.3) is 0 Å². The van der Waals surface area contributed by atoms with Gasteiger partial charge >= 0.3 is 0 Å². The number of hydrogen-bond acceptors (Lipinski definition) is 6. The molecule has 1 aliphatic heterocycles. The van der Waals surface area contributed by atoms with Gasteiger partial charge in [-0.15, -0.1) is 0 Å². The molecular weight excluding hydrogens is 476 g/mol. The van der Waals surface area contributed by atoms with Crippen LogP contribution in [0, 0.1) is 19.8 Å². The van der Waals surface area contributed by atoms with Crippen molar-refractivity contribution < 1.29 is 18.3 Å². The minimum Gasteiger partial charge on any atom is -0.393 e. The van der Waals surface area contributed by atoms with Gasteiger partial charge in [0.1, 0.15) is 0 Å². The topological polar surface area (TPSA) is 113 Å². The Morgan fingerprint density at radius 1 is 1.08 bits per heavy atom. The maximum atomic E-state index is 13.3. The third-order valence-corrected chi connectivity index (χ3v) is 9.07. The van der Waals surface area contributed by atoms with E-state index in [-0.39, 0.29) is 27.8 Å². The lowest BCUT2D eigenvalue weighted by Gasteiger charge is -2.28. The first-order valence-corrected chi connectivity index (χ1v) is 13.9. The van der Waals surface area contributed by atoms with Gasteiger partial charge in [0.05, 0.1) is 33.3 Å². The summed E-state index contributed by atoms with van der Waals surface area (Å²) < 4.78 is 28.3. The van der Waals surface area contributed by atoms with Crippen molar-refractivity contribution in [2.24, 2.45) is 5.92 Å². The molecule has 1 aromatic heterocycles. The molecule has 9 heteroatoms. The zero-order valence-electron chi connectivity index (χ0n) is 20.5. The van der Waals surface area contributed by atoms with E-state index in [0.717, 1.165) is 42.6 Å². The monoisotopic (exact) mass is 508 g/mol. The van der Waals surface area contributed by atoms with Crippen LogP contribution in [0.1, 0.15) is 42.6 Å². The fraction of sp³-hybridized carbons (Fsp3) is 0.407. The smallest absolute Gasteiger partial charge is 0.237 e. The SMILES string of the molecule is Cc1cc(C)n(-c2cccc(S(=O)(=O)c3ccc(CNC(=O)C4CC5CC(O)CCC5N4)cc3)c2)n1. The van der Waals surface area contributed by atoms with Crippen LogP contribution in [0.15, 0.2) is 64.4 Å². The Bertz CT molecular complexity index is 1370. The highest BCUT2D eigenvalue weighted by Crippen LogP contribution is 2.33. The minimum atomic E-state index is -3.71. The zero-order valence-corrected chi connectivity index (χ0v) is 21.3. The predicted octanol–water partition coefficient (Wildman–Crippen LogP) is 2.83. The van der Waals surface area contributed by atoms with Crippen molar-refractivity contribution in [3.05, 3.63) is 71.5 Å². The van der Waals surface area contributed by atoms with Gasteiger partial charge < -0.3 is 15.7 Å². The van der Waals surface area contributed by atoms with Crippen LogP contribution in [-0.4, -0.2) is 47.4 Å². The number of amides is 1. The third-order valence-electron chi connectivity index (χ3n) is 7.31. The summed E-state index contributed by atoms with van der Waals surface area (Å²) in [5, 5.41) is 20.7. The van der Waals surface area contributed by atoms with Gasteiger partial charge in [-0.2, -0.15) is 5.10 Å². The Labute approximate surface area is 211 Å². The summed E-state index contributed by atoms with van der Waals surface area (Å²) >= 11 is 0. The molecule has 0 radical (unpaired) electrons. The van der Waals surface area contributed by atoms with E-state index in [0.29, 0.717) is 24.2 Å². The van der Waals surface area contributed by atoms with Crippen molar-refractivity contribution in [2.75, 3.05) is 0 Å². The number of fused-ring (bicyclic) bond motifs is 1. The number of carbonyl (C=O) groups is 1. The second kappa shape index (κ2) is 9.80. The summed E-state index contributed by atoms with van der Waals surface area (Å²) in [6, 6.07) is 15.4. The fourth-order valence-electron chi connectivity index (χ4n) is 5.44. The van der Waals surface area contributed by atoms with Gasteiger partial charge in [0.2, 0.25) is 15.7 Å². The number of aliphatic hydroxyl groups excluding tert-OH is 1.